The second-order valence-corrected chi connectivity index (χ2v) is 4.11. The van der Waals surface area contributed by atoms with Crippen molar-refractivity contribution in [1.82, 2.24) is 0 Å². The van der Waals surface area contributed by atoms with Gasteiger partial charge in [0, 0.05) is 0 Å². The van der Waals surface area contributed by atoms with E-state index in [1.54, 1.807) is 30.4 Å². The zero-order valence-corrected chi connectivity index (χ0v) is 8.08. The van der Waals surface area contributed by atoms with Crippen molar-refractivity contribution in [2.24, 2.45) is 5.14 Å². The molecule has 0 saturated heterocycles. The number of hydrogen-bond acceptors (Lipinski definition) is 2. The number of primary sulfonamides is 1. The third kappa shape index (κ3) is 2.40. The van der Waals surface area contributed by atoms with Crippen molar-refractivity contribution in [3.8, 4) is 0 Å². The summed E-state index contributed by atoms with van der Waals surface area (Å²) < 4.78 is 22.1. The number of benzene rings is 1. The fourth-order valence-electron chi connectivity index (χ4n) is 1.06. The third-order valence-electron chi connectivity index (χ3n) is 1.57. The molecule has 0 saturated carbocycles. The van der Waals surface area contributed by atoms with Crippen molar-refractivity contribution in [1.29, 1.82) is 0 Å². The van der Waals surface area contributed by atoms with Crippen LogP contribution in [-0.2, 0) is 10.0 Å². The Labute approximate surface area is 77.9 Å². The molecule has 0 bridgehead atoms. The Morgan fingerprint density at radius 1 is 1.31 bits per heavy atom. The summed E-state index contributed by atoms with van der Waals surface area (Å²) in [5, 5.41) is 5.03. The van der Waals surface area contributed by atoms with Crippen molar-refractivity contribution in [3.63, 3.8) is 0 Å². The fourth-order valence-corrected chi connectivity index (χ4v) is 1.79. The smallest absolute Gasteiger partial charge is 0.225 e. The van der Waals surface area contributed by atoms with Crippen molar-refractivity contribution < 1.29 is 8.42 Å². The van der Waals surface area contributed by atoms with E-state index in [0.717, 1.165) is 0 Å². The summed E-state index contributed by atoms with van der Waals surface area (Å²) in [5.74, 6) is 0. The average molecular weight is 197 g/mol. The largest absolute Gasteiger partial charge is 0.238 e. The summed E-state index contributed by atoms with van der Waals surface area (Å²) in [6, 6.07) is 6.61. The van der Waals surface area contributed by atoms with Crippen molar-refractivity contribution >= 4 is 16.1 Å². The molecule has 0 aliphatic heterocycles. The van der Waals surface area contributed by atoms with Gasteiger partial charge in [0.15, 0.2) is 0 Å². The SMILES string of the molecule is C/C=C/c1ccccc1S(N)(=O)=O. The van der Waals surface area contributed by atoms with Gasteiger partial charge in [-0.15, -0.1) is 0 Å². The standard InChI is InChI=1S/C9H11NO2S/c1-2-5-8-6-3-4-7-9(8)13(10,11)12/h2-7H,1H3,(H2,10,11,12)/b5-2+. The fraction of sp³-hybridized carbons (Fsp3) is 0.111. The second kappa shape index (κ2) is 3.72. The van der Waals surface area contributed by atoms with E-state index in [1.165, 1.54) is 6.07 Å². The van der Waals surface area contributed by atoms with E-state index < -0.39 is 10.0 Å². The molecule has 2 N–H and O–H groups in total. The Kier molecular flexibility index (Phi) is 2.85. The van der Waals surface area contributed by atoms with Crippen LogP contribution < -0.4 is 5.14 Å². The number of allylic oxidation sites excluding steroid dienone is 1. The lowest BCUT2D eigenvalue weighted by Crippen LogP contribution is -2.13. The van der Waals surface area contributed by atoms with Gasteiger partial charge in [-0.2, -0.15) is 0 Å². The molecule has 0 aromatic heterocycles. The Morgan fingerprint density at radius 2 is 1.92 bits per heavy atom. The van der Waals surface area contributed by atoms with Crippen LogP contribution in [0.4, 0.5) is 0 Å². The summed E-state index contributed by atoms with van der Waals surface area (Å²) in [4.78, 5) is 0.160. The molecule has 1 aromatic carbocycles. The van der Waals surface area contributed by atoms with Crippen LogP contribution in [-0.4, -0.2) is 8.42 Å². The van der Waals surface area contributed by atoms with Crippen molar-refractivity contribution in [2.45, 2.75) is 11.8 Å². The maximum atomic E-state index is 11.1. The highest BCUT2D eigenvalue weighted by Gasteiger charge is 2.10. The first kappa shape index (κ1) is 9.95. The van der Waals surface area contributed by atoms with Gasteiger partial charge in [0.1, 0.15) is 0 Å². The zero-order chi connectivity index (χ0) is 9.90. The first-order valence-electron chi connectivity index (χ1n) is 3.80. The molecule has 1 aromatic rings. The van der Waals surface area contributed by atoms with Gasteiger partial charge in [-0.1, -0.05) is 30.4 Å². The Hall–Kier alpha value is -1.13. The molecule has 0 atom stereocenters. The normalized spacial score (nSPS) is 12.2. The van der Waals surface area contributed by atoms with Gasteiger partial charge in [-0.05, 0) is 18.6 Å². The molecule has 1 rings (SSSR count). The lowest BCUT2D eigenvalue weighted by molar-refractivity contribution is 0.597. The highest BCUT2D eigenvalue weighted by atomic mass is 32.2. The van der Waals surface area contributed by atoms with Crippen molar-refractivity contribution in [2.75, 3.05) is 0 Å². The maximum Gasteiger partial charge on any atom is 0.238 e. The molecular weight excluding hydrogens is 186 g/mol. The highest BCUT2D eigenvalue weighted by Crippen LogP contribution is 2.14. The van der Waals surface area contributed by atoms with E-state index in [-0.39, 0.29) is 4.90 Å². The number of sulfonamides is 1. The first-order chi connectivity index (χ1) is 6.05. The maximum absolute atomic E-state index is 11.1. The Bertz CT molecular complexity index is 421. The zero-order valence-electron chi connectivity index (χ0n) is 7.27. The van der Waals surface area contributed by atoms with Gasteiger partial charge in [0.05, 0.1) is 4.90 Å². The summed E-state index contributed by atoms with van der Waals surface area (Å²) in [7, 11) is -3.61. The second-order valence-electron chi connectivity index (χ2n) is 2.58. The van der Waals surface area contributed by atoms with Crippen LogP contribution in [0.3, 0.4) is 0 Å². The van der Waals surface area contributed by atoms with Gasteiger partial charge in [0.2, 0.25) is 10.0 Å². The lowest BCUT2D eigenvalue weighted by Gasteiger charge is -2.01. The topological polar surface area (TPSA) is 60.2 Å². The molecule has 4 heteroatoms. The predicted octanol–water partition coefficient (Wildman–Crippen LogP) is 1.37. The van der Waals surface area contributed by atoms with E-state index in [2.05, 4.69) is 0 Å². The predicted molar refractivity (Wildman–Crippen MR) is 52.5 cm³/mol. The van der Waals surface area contributed by atoms with Gasteiger partial charge in [-0.25, -0.2) is 13.6 Å². The molecule has 13 heavy (non-hydrogen) atoms. The molecule has 0 unspecified atom stereocenters. The molecule has 0 heterocycles. The molecule has 0 spiro atoms. The van der Waals surface area contributed by atoms with Crippen LogP contribution in [0.1, 0.15) is 12.5 Å². The number of nitrogens with two attached hydrogens (primary N) is 1. The van der Waals surface area contributed by atoms with E-state index in [9.17, 15) is 8.42 Å². The monoisotopic (exact) mass is 197 g/mol. The Morgan fingerprint density at radius 3 is 2.46 bits per heavy atom. The molecule has 70 valence electrons. The molecule has 0 radical (unpaired) electrons. The summed E-state index contributed by atoms with van der Waals surface area (Å²) >= 11 is 0. The van der Waals surface area contributed by atoms with E-state index >= 15 is 0 Å². The molecule has 0 aliphatic carbocycles. The Balaban J connectivity index is 3.37. The highest BCUT2D eigenvalue weighted by molar-refractivity contribution is 7.89. The first-order valence-corrected chi connectivity index (χ1v) is 5.35. The molecule has 0 fully saturated rings. The lowest BCUT2D eigenvalue weighted by atomic mass is 10.2. The summed E-state index contributed by atoms with van der Waals surface area (Å²) in [6.45, 7) is 1.82. The molecule has 3 nitrogen and oxygen atoms in total. The van der Waals surface area contributed by atoms with E-state index in [4.69, 9.17) is 5.14 Å². The molecule has 0 amide bonds. The van der Waals surface area contributed by atoms with Crippen LogP contribution in [0, 0.1) is 0 Å². The summed E-state index contributed by atoms with van der Waals surface area (Å²) in [5.41, 5.74) is 0.618. The van der Waals surface area contributed by atoms with Crippen molar-refractivity contribution in [3.05, 3.63) is 35.9 Å². The molecular formula is C9H11NO2S. The number of rotatable bonds is 2. The van der Waals surface area contributed by atoms with Crippen LogP contribution in [0.5, 0.6) is 0 Å². The van der Waals surface area contributed by atoms with Crippen LogP contribution in [0.2, 0.25) is 0 Å². The third-order valence-corrected chi connectivity index (χ3v) is 2.56. The minimum absolute atomic E-state index is 0.160. The minimum atomic E-state index is -3.61. The van der Waals surface area contributed by atoms with Gasteiger partial charge in [-0.3, -0.25) is 0 Å². The number of hydrogen-bond donors (Lipinski definition) is 1. The quantitative estimate of drug-likeness (QED) is 0.778. The minimum Gasteiger partial charge on any atom is -0.225 e. The van der Waals surface area contributed by atoms with E-state index in [0.29, 0.717) is 5.56 Å². The van der Waals surface area contributed by atoms with Gasteiger partial charge >= 0.3 is 0 Å². The van der Waals surface area contributed by atoms with E-state index in [1.807, 2.05) is 6.92 Å². The van der Waals surface area contributed by atoms with Crippen LogP contribution in [0.25, 0.3) is 6.08 Å². The van der Waals surface area contributed by atoms with Gasteiger partial charge in [0.25, 0.3) is 0 Å². The molecule has 0 aliphatic rings. The van der Waals surface area contributed by atoms with Gasteiger partial charge < -0.3 is 0 Å². The summed E-state index contributed by atoms with van der Waals surface area (Å²) in [6.07, 6.45) is 3.48. The van der Waals surface area contributed by atoms with Crippen LogP contribution >= 0.6 is 0 Å². The average Bonchev–Trinajstić information content (AvgIpc) is 2.04. The van der Waals surface area contributed by atoms with Crippen LogP contribution in [0.15, 0.2) is 35.2 Å².